The largest absolute Gasteiger partial charge is 0.477 e. The number of hydrogen-bond acceptors (Lipinski definition) is 4. The maximum atomic E-state index is 13.7. The van der Waals surface area contributed by atoms with Gasteiger partial charge in [0.25, 0.3) is 0 Å². The van der Waals surface area contributed by atoms with Crippen molar-refractivity contribution >= 4 is 28.9 Å². The van der Waals surface area contributed by atoms with E-state index in [9.17, 15) is 19.8 Å². The number of anilines is 1. The Bertz CT molecular complexity index is 833. The number of amides is 1. The lowest BCUT2D eigenvalue weighted by atomic mass is 9.81. The van der Waals surface area contributed by atoms with Crippen LogP contribution in [0, 0.1) is 29.6 Å². The number of nitrogens with zero attached hydrogens (tertiary/aromatic N) is 1. The summed E-state index contributed by atoms with van der Waals surface area (Å²) in [6, 6.07) is 1.73. The van der Waals surface area contributed by atoms with E-state index in [4.69, 9.17) is 0 Å². The van der Waals surface area contributed by atoms with E-state index in [0.29, 0.717) is 48.1 Å². The third-order valence-electron chi connectivity index (χ3n) is 6.52. The van der Waals surface area contributed by atoms with Gasteiger partial charge in [-0.15, -0.1) is 11.3 Å². The number of carboxylic acids is 1. The summed E-state index contributed by atoms with van der Waals surface area (Å²) in [5.41, 5.74) is 0.497. The molecule has 2 saturated carbocycles. The Balaban J connectivity index is 1.95. The minimum atomic E-state index is -1.01. The van der Waals surface area contributed by atoms with Crippen molar-refractivity contribution in [3.8, 4) is 11.8 Å². The summed E-state index contributed by atoms with van der Waals surface area (Å²) in [4.78, 5) is 28.5. The highest BCUT2D eigenvalue weighted by molar-refractivity contribution is 7.15. The van der Waals surface area contributed by atoms with Gasteiger partial charge in [-0.05, 0) is 69.3 Å². The van der Waals surface area contributed by atoms with Gasteiger partial charge in [-0.3, -0.25) is 4.79 Å². The molecule has 0 atom stereocenters. The molecule has 2 N–H and O–H groups in total. The first-order valence-electron chi connectivity index (χ1n) is 11.6. The van der Waals surface area contributed by atoms with Crippen LogP contribution in [0.2, 0.25) is 0 Å². The molecule has 1 aromatic rings. The molecule has 2 aliphatic rings. The molecule has 6 heteroatoms. The van der Waals surface area contributed by atoms with Crippen molar-refractivity contribution in [2.75, 3.05) is 4.90 Å². The summed E-state index contributed by atoms with van der Waals surface area (Å²) in [7, 11) is 0. The highest BCUT2D eigenvalue weighted by atomic mass is 32.1. The number of aliphatic hydroxyl groups is 1. The molecule has 0 radical (unpaired) electrons. The number of carbonyl (C=O) groups excluding carboxylic acids is 1. The minimum absolute atomic E-state index is 0.0512. The molecule has 170 valence electrons. The second-order valence-electron chi connectivity index (χ2n) is 9.66. The average molecular weight is 446 g/mol. The number of thiophene rings is 1. The van der Waals surface area contributed by atoms with Gasteiger partial charge in [-0.25, -0.2) is 4.79 Å². The van der Waals surface area contributed by atoms with E-state index < -0.39 is 5.97 Å². The van der Waals surface area contributed by atoms with Crippen LogP contribution < -0.4 is 4.90 Å². The topological polar surface area (TPSA) is 77.8 Å². The zero-order chi connectivity index (χ0) is 22.5. The average Bonchev–Trinajstić information content (AvgIpc) is 3.14. The van der Waals surface area contributed by atoms with E-state index in [1.807, 2.05) is 0 Å². The van der Waals surface area contributed by atoms with E-state index in [1.54, 1.807) is 11.0 Å². The molecule has 31 heavy (non-hydrogen) atoms. The predicted molar refractivity (Wildman–Crippen MR) is 124 cm³/mol. The molecule has 5 nitrogen and oxygen atoms in total. The first kappa shape index (κ1) is 23.8. The molecule has 3 rings (SSSR count). The Morgan fingerprint density at radius 1 is 1.13 bits per heavy atom. The lowest BCUT2D eigenvalue weighted by Gasteiger charge is -2.38. The lowest BCUT2D eigenvalue weighted by molar-refractivity contribution is -0.124. The molecule has 0 saturated heterocycles. The maximum Gasteiger partial charge on any atom is 0.348 e. The zero-order valence-electron chi connectivity index (χ0n) is 18.9. The third-order valence-corrected chi connectivity index (χ3v) is 7.55. The van der Waals surface area contributed by atoms with E-state index in [1.165, 1.54) is 0 Å². The molecule has 1 aromatic heterocycles. The van der Waals surface area contributed by atoms with Crippen molar-refractivity contribution < 1.29 is 19.8 Å². The highest BCUT2D eigenvalue weighted by Gasteiger charge is 2.37. The van der Waals surface area contributed by atoms with Crippen LogP contribution in [0.4, 0.5) is 5.69 Å². The van der Waals surface area contributed by atoms with Gasteiger partial charge in [0.05, 0.1) is 16.7 Å². The van der Waals surface area contributed by atoms with E-state index in [0.717, 1.165) is 43.4 Å². The van der Waals surface area contributed by atoms with E-state index in [2.05, 4.69) is 32.6 Å². The highest BCUT2D eigenvalue weighted by Crippen LogP contribution is 2.38. The Kier molecular flexibility index (Phi) is 8.18. The Labute approximate surface area is 189 Å². The summed E-state index contributed by atoms with van der Waals surface area (Å²) in [6.45, 7) is 6.42. The van der Waals surface area contributed by atoms with Gasteiger partial charge in [0.15, 0.2) is 0 Å². The molecule has 0 unspecified atom stereocenters. The van der Waals surface area contributed by atoms with Crippen LogP contribution in [0.15, 0.2) is 6.07 Å². The van der Waals surface area contributed by atoms with Crippen molar-refractivity contribution in [3.63, 3.8) is 0 Å². The van der Waals surface area contributed by atoms with Crippen molar-refractivity contribution in [2.24, 2.45) is 17.8 Å². The van der Waals surface area contributed by atoms with Crippen LogP contribution in [0.3, 0.4) is 0 Å². The number of carbonyl (C=O) groups is 2. The van der Waals surface area contributed by atoms with Gasteiger partial charge in [0.2, 0.25) is 5.91 Å². The van der Waals surface area contributed by atoms with Crippen molar-refractivity contribution in [3.05, 3.63) is 15.8 Å². The van der Waals surface area contributed by atoms with Crippen LogP contribution in [0.5, 0.6) is 0 Å². The van der Waals surface area contributed by atoms with Crippen molar-refractivity contribution in [1.82, 2.24) is 0 Å². The van der Waals surface area contributed by atoms with Gasteiger partial charge in [-0.2, -0.15) is 0 Å². The summed E-state index contributed by atoms with van der Waals surface area (Å²) < 4.78 is 0. The van der Waals surface area contributed by atoms with Crippen LogP contribution in [-0.2, 0) is 4.79 Å². The molecule has 0 aromatic carbocycles. The summed E-state index contributed by atoms with van der Waals surface area (Å²) >= 11 is 1.16. The maximum absolute atomic E-state index is 13.7. The number of aliphatic hydroxyl groups excluding tert-OH is 1. The number of aromatic carboxylic acids is 1. The fraction of sp³-hybridized carbons (Fsp3) is 0.680. The second kappa shape index (κ2) is 10.7. The molecule has 0 aliphatic heterocycles. The Hall–Kier alpha value is -1.84. The number of rotatable bonds is 5. The number of hydrogen-bond donors (Lipinski definition) is 2. The Morgan fingerprint density at radius 2 is 1.77 bits per heavy atom. The van der Waals surface area contributed by atoms with Gasteiger partial charge in [0.1, 0.15) is 4.88 Å². The minimum Gasteiger partial charge on any atom is -0.477 e. The molecule has 1 heterocycles. The van der Waals surface area contributed by atoms with Gasteiger partial charge < -0.3 is 15.1 Å². The monoisotopic (exact) mass is 445 g/mol. The van der Waals surface area contributed by atoms with E-state index in [-0.39, 0.29) is 28.8 Å². The second-order valence-corrected chi connectivity index (χ2v) is 10.7. The first-order valence-corrected chi connectivity index (χ1v) is 12.4. The SMILES string of the molecule is CC(C)CC#Cc1cc(N(C(=O)[C@H]2CC[C@H](C)CC2)[C@H]2CC[C@H](O)CC2)c(C(=O)O)s1. The van der Waals surface area contributed by atoms with E-state index >= 15 is 0 Å². The fourth-order valence-electron chi connectivity index (χ4n) is 4.63. The van der Waals surface area contributed by atoms with Crippen molar-refractivity contribution in [1.29, 1.82) is 0 Å². The van der Waals surface area contributed by atoms with Gasteiger partial charge >= 0.3 is 5.97 Å². The lowest BCUT2D eigenvalue weighted by Crippen LogP contribution is -2.47. The van der Waals surface area contributed by atoms with Gasteiger partial charge in [0, 0.05) is 18.4 Å². The fourth-order valence-corrected chi connectivity index (χ4v) is 5.50. The third kappa shape index (κ3) is 6.11. The summed E-state index contributed by atoms with van der Waals surface area (Å²) in [6.07, 6.45) is 6.89. The molecule has 2 fully saturated rings. The molecule has 1 amide bonds. The zero-order valence-corrected chi connectivity index (χ0v) is 19.7. The van der Waals surface area contributed by atoms with Crippen LogP contribution >= 0.6 is 11.3 Å². The summed E-state index contributed by atoms with van der Waals surface area (Å²) in [5, 5.41) is 19.9. The Morgan fingerprint density at radius 3 is 2.35 bits per heavy atom. The molecular formula is C25H35NO4S. The van der Waals surface area contributed by atoms with Crippen LogP contribution in [-0.4, -0.2) is 34.2 Å². The smallest absolute Gasteiger partial charge is 0.348 e. The predicted octanol–water partition coefficient (Wildman–Crippen LogP) is 5.31. The molecule has 0 bridgehead atoms. The van der Waals surface area contributed by atoms with Crippen LogP contribution in [0.1, 0.15) is 93.1 Å². The first-order chi connectivity index (χ1) is 14.8. The number of carboxylic acid groups (broad SMARTS) is 1. The normalized spacial score (nSPS) is 26.2. The molecular weight excluding hydrogens is 410 g/mol. The van der Waals surface area contributed by atoms with Crippen LogP contribution in [0.25, 0.3) is 0 Å². The summed E-state index contributed by atoms with van der Waals surface area (Å²) in [5.74, 6) is 6.32. The van der Waals surface area contributed by atoms with Gasteiger partial charge in [-0.1, -0.05) is 32.6 Å². The quantitative estimate of drug-likeness (QED) is 0.602. The standard InChI is InChI=1S/C25H35NO4S/c1-16(2)5-4-6-21-15-22(23(31-21)25(29)30)26(19-11-13-20(27)14-12-19)24(28)18-9-7-17(3)8-10-18/h15-20,27H,5,7-14H2,1-3H3,(H,29,30)/t17-,18-,19-,20-. The molecule has 2 aliphatic carbocycles. The van der Waals surface area contributed by atoms with Crippen molar-refractivity contribution in [2.45, 2.75) is 90.7 Å². The molecule has 0 spiro atoms.